The molecule has 0 bridgehead atoms. The lowest BCUT2D eigenvalue weighted by Crippen LogP contribution is -2.23. The highest BCUT2D eigenvalue weighted by atomic mass is 32.2. The summed E-state index contributed by atoms with van der Waals surface area (Å²) >= 11 is 0. The molecule has 0 spiro atoms. The number of para-hydroxylation sites is 2. The number of hydrogen-bond donors (Lipinski definition) is 2. The van der Waals surface area contributed by atoms with Gasteiger partial charge in [-0.2, -0.15) is 0 Å². The Bertz CT molecular complexity index is 1130. The first kappa shape index (κ1) is 21.4. The highest BCUT2D eigenvalue weighted by Gasteiger charge is 2.21. The van der Waals surface area contributed by atoms with Crippen LogP contribution < -0.4 is 15.4 Å². The molecule has 0 aromatic heterocycles. The average Bonchev–Trinajstić information content (AvgIpc) is 2.75. The van der Waals surface area contributed by atoms with Crippen molar-refractivity contribution in [2.24, 2.45) is 0 Å². The van der Waals surface area contributed by atoms with Gasteiger partial charge < -0.3 is 15.4 Å². The zero-order chi connectivity index (χ0) is 21.6. The molecule has 0 atom stereocenters. The Hall–Kier alpha value is -3.32. The molecule has 0 saturated carbocycles. The topological polar surface area (TPSA) is 84.5 Å². The van der Waals surface area contributed by atoms with Gasteiger partial charge in [-0.3, -0.25) is 4.79 Å². The Balaban J connectivity index is 1.79. The number of ether oxygens (including phenoxy) is 1. The summed E-state index contributed by atoms with van der Waals surface area (Å²) in [5.41, 5.74) is 1.75. The van der Waals surface area contributed by atoms with Crippen LogP contribution in [-0.2, 0) is 14.6 Å². The summed E-state index contributed by atoms with van der Waals surface area (Å²) in [5, 5.41) is 5.75. The van der Waals surface area contributed by atoms with Gasteiger partial charge in [-0.25, -0.2) is 8.42 Å². The molecule has 6 nitrogen and oxygen atoms in total. The van der Waals surface area contributed by atoms with Crippen LogP contribution in [0.25, 0.3) is 0 Å². The molecule has 30 heavy (non-hydrogen) atoms. The maximum atomic E-state index is 13.1. The van der Waals surface area contributed by atoms with Gasteiger partial charge in [0.1, 0.15) is 5.75 Å². The minimum atomic E-state index is -3.73. The lowest BCUT2D eigenvalue weighted by molar-refractivity contribution is -0.114. The summed E-state index contributed by atoms with van der Waals surface area (Å²) in [5.74, 6) is 0.266. The first-order valence-electron chi connectivity index (χ1n) is 9.58. The molecule has 1 amide bonds. The lowest BCUT2D eigenvalue weighted by atomic mass is 10.2. The maximum absolute atomic E-state index is 13.1. The van der Waals surface area contributed by atoms with Crippen LogP contribution in [0, 0.1) is 6.92 Å². The molecule has 0 radical (unpaired) electrons. The van der Waals surface area contributed by atoms with Crippen LogP contribution in [0.15, 0.2) is 82.6 Å². The van der Waals surface area contributed by atoms with E-state index >= 15 is 0 Å². The minimum absolute atomic E-state index is 0.0964. The Morgan fingerprint density at radius 3 is 2.37 bits per heavy atom. The second-order valence-corrected chi connectivity index (χ2v) is 8.57. The molecule has 0 aliphatic rings. The minimum Gasteiger partial charge on any atom is -0.492 e. The standard InChI is InChI=1S/C23H24N2O4S/c1-3-29-21-12-8-7-11-19(21)25-23(26)16-24-20-14-13-17(2)15-22(20)30(27,28)18-9-5-4-6-10-18/h4-15,24H,3,16H2,1-2H3,(H,25,26). The van der Waals surface area contributed by atoms with E-state index in [-0.39, 0.29) is 22.2 Å². The number of carbonyl (C=O) groups excluding carboxylic acids is 1. The predicted octanol–water partition coefficient (Wildman–Crippen LogP) is 4.28. The second kappa shape index (κ2) is 9.45. The van der Waals surface area contributed by atoms with E-state index in [1.807, 2.05) is 19.9 Å². The van der Waals surface area contributed by atoms with Crippen LogP contribution >= 0.6 is 0 Å². The van der Waals surface area contributed by atoms with Gasteiger partial charge in [0.2, 0.25) is 15.7 Å². The molecule has 3 rings (SSSR count). The lowest BCUT2D eigenvalue weighted by Gasteiger charge is -2.15. The average molecular weight is 425 g/mol. The second-order valence-electron chi connectivity index (χ2n) is 6.65. The summed E-state index contributed by atoms with van der Waals surface area (Å²) in [4.78, 5) is 12.8. The van der Waals surface area contributed by atoms with Crippen molar-refractivity contribution in [3.63, 3.8) is 0 Å². The van der Waals surface area contributed by atoms with Crippen LogP contribution in [-0.4, -0.2) is 27.5 Å². The number of amides is 1. The van der Waals surface area contributed by atoms with E-state index < -0.39 is 9.84 Å². The Labute approximate surface area is 176 Å². The molecular formula is C23H24N2O4S. The first-order valence-corrected chi connectivity index (χ1v) is 11.1. The highest BCUT2D eigenvalue weighted by molar-refractivity contribution is 7.91. The third kappa shape index (κ3) is 4.99. The molecule has 2 N–H and O–H groups in total. The SMILES string of the molecule is CCOc1ccccc1NC(=O)CNc1ccc(C)cc1S(=O)(=O)c1ccccc1. The quantitative estimate of drug-likeness (QED) is 0.564. The maximum Gasteiger partial charge on any atom is 0.243 e. The number of nitrogens with one attached hydrogen (secondary N) is 2. The van der Waals surface area contributed by atoms with Gasteiger partial charge in [-0.15, -0.1) is 0 Å². The van der Waals surface area contributed by atoms with Gasteiger partial charge in [-0.05, 0) is 55.8 Å². The van der Waals surface area contributed by atoms with Gasteiger partial charge in [0.15, 0.2) is 0 Å². The zero-order valence-corrected chi connectivity index (χ0v) is 17.7. The number of hydrogen-bond acceptors (Lipinski definition) is 5. The molecule has 0 heterocycles. The van der Waals surface area contributed by atoms with Crippen LogP contribution in [0.5, 0.6) is 5.75 Å². The van der Waals surface area contributed by atoms with Gasteiger partial charge in [0, 0.05) is 0 Å². The Morgan fingerprint density at radius 1 is 0.933 bits per heavy atom. The zero-order valence-electron chi connectivity index (χ0n) is 16.9. The molecule has 0 saturated heterocycles. The smallest absolute Gasteiger partial charge is 0.243 e. The Kier molecular flexibility index (Phi) is 6.74. The highest BCUT2D eigenvalue weighted by Crippen LogP contribution is 2.29. The Morgan fingerprint density at radius 2 is 1.63 bits per heavy atom. The van der Waals surface area contributed by atoms with Gasteiger partial charge in [0.25, 0.3) is 0 Å². The molecule has 3 aromatic rings. The fraction of sp³-hybridized carbons (Fsp3) is 0.174. The molecule has 0 aliphatic carbocycles. The van der Waals surface area contributed by atoms with Crippen molar-refractivity contribution in [1.29, 1.82) is 0 Å². The van der Waals surface area contributed by atoms with Crippen LogP contribution in [0.2, 0.25) is 0 Å². The van der Waals surface area contributed by atoms with Crippen molar-refractivity contribution >= 4 is 27.1 Å². The molecule has 156 valence electrons. The molecule has 7 heteroatoms. The van der Waals surface area contributed by atoms with Crippen LogP contribution in [0.1, 0.15) is 12.5 Å². The fourth-order valence-corrected chi connectivity index (χ4v) is 4.49. The van der Waals surface area contributed by atoms with Gasteiger partial charge >= 0.3 is 0 Å². The largest absolute Gasteiger partial charge is 0.492 e. The van der Waals surface area contributed by atoms with Crippen LogP contribution in [0.3, 0.4) is 0 Å². The summed E-state index contributed by atoms with van der Waals surface area (Å²) in [7, 11) is -3.73. The van der Waals surface area contributed by atoms with E-state index in [9.17, 15) is 13.2 Å². The van der Waals surface area contributed by atoms with E-state index in [4.69, 9.17) is 4.74 Å². The van der Waals surface area contributed by atoms with Crippen LogP contribution in [0.4, 0.5) is 11.4 Å². The summed E-state index contributed by atoms with van der Waals surface area (Å²) in [6, 6.07) is 20.5. The molecule has 0 unspecified atom stereocenters. The van der Waals surface area contributed by atoms with E-state index in [1.165, 1.54) is 0 Å². The number of sulfone groups is 1. The van der Waals surface area contributed by atoms with Crippen molar-refractivity contribution < 1.29 is 17.9 Å². The van der Waals surface area contributed by atoms with Crippen molar-refractivity contribution in [3.05, 3.63) is 78.4 Å². The number of aryl methyl sites for hydroxylation is 1. The van der Waals surface area contributed by atoms with Crippen molar-refractivity contribution in [1.82, 2.24) is 0 Å². The van der Waals surface area contributed by atoms with E-state index in [1.54, 1.807) is 66.7 Å². The predicted molar refractivity (Wildman–Crippen MR) is 118 cm³/mol. The monoisotopic (exact) mass is 424 g/mol. The van der Waals surface area contributed by atoms with Gasteiger partial charge in [-0.1, -0.05) is 36.4 Å². The third-order valence-corrected chi connectivity index (χ3v) is 6.19. The molecule has 3 aromatic carbocycles. The molecule has 0 fully saturated rings. The number of benzene rings is 3. The van der Waals surface area contributed by atoms with E-state index in [2.05, 4.69) is 10.6 Å². The number of rotatable bonds is 8. The van der Waals surface area contributed by atoms with Crippen molar-refractivity contribution in [2.45, 2.75) is 23.6 Å². The van der Waals surface area contributed by atoms with Crippen molar-refractivity contribution in [2.75, 3.05) is 23.8 Å². The van der Waals surface area contributed by atoms with Crippen molar-refractivity contribution in [3.8, 4) is 5.75 Å². The summed E-state index contributed by atoms with van der Waals surface area (Å²) in [6.45, 7) is 4.08. The third-order valence-electron chi connectivity index (χ3n) is 4.38. The first-order chi connectivity index (χ1) is 14.4. The normalized spacial score (nSPS) is 11.0. The summed E-state index contributed by atoms with van der Waals surface area (Å²) < 4.78 is 31.7. The number of anilines is 2. The van der Waals surface area contributed by atoms with E-state index in [0.717, 1.165) is 5.56 Å². The van der Waals surface area contributed by atoms with Gasteiger partial charge in [0.05, 0.1) is 34.3 Å². The molecular weight excluding hydrogens is 400 g/mol. The molecule has 0 aliphatic heterocycles. The van der Waals surface area contributed by atoms with E-state index in [0.29, 0.717) is 23.7 Å². The summed E-state index contributed by atoms with van der Waals surface area (Å²) in [6.07, 6.45) is 0. The fourth-order valence-electron chi connectivity index (χ4n) is 2.95. The number of carbonyl (C=O) groups is 1.